The summed E-state index contributed by atoms with van der Waals surface area (Å²) in [6.07, 6.45) is 2.24. The molecule has 0 fully saturated rings. The Morgan fingerprint density at radius 3 is 2.52 bits per heavy atom. The lowest BCUT2D eigenvalue weighted by Gasteiger charge is -2.11. The number of halogens is 1. The molecule has 6 heteroatoms. The molecule has 3 aromatic rings. The zero-order valence-electron chi connectivity index (χ0n) is 17.6. The van der Waals surface area contributed by atoms with Gasteiger partial charge >= 0.3 is 0 Å². The molecule has 3 rings (SSSR count). The van der Waals surface area contributed by atoms with Crippen LogP contribution < -0.4 is 14.9 Å². The van der Waals surface area contributed by atoms with E-state index in [0.29, 0.717) is 35.1 Å². The number of benzene rings is 3. The molecule has 3 aromatic carbocycles. The molecule has 31 heavy (non-hydrogen) atoms. The second-order valence-electron chi connectivity index (χ2n) is 7.04. The van der Waals surface area contributed by atoms with Gasteiger partial charge in [-0.1, -0.05) is 35.9 Å². The maximum absolute atomic E-state index is 12.1. The van der Waals surface area contributed by atoms with Crippen LogP contribution >= 0.6 is 11.6 Å². The van der Waals surface area contributed by atoms with Crippen molar-refractivity contribution in [3.05, 3.63) is 94.0 Å². The number of hydrogen-bond acceptors (Lipinski definition) is 4. The van der Waals surface area contributed by atoms with Gasteiger partial charge in [0, 0.05) is 22.6 Å². The molecular weight excluding hydrogens is 412 g/mol. The number of hydrazone groups is 1. The third-order valence-electron chi connectivity index (χ3n) is 4.67. The van der Waals surface area contributed by atoms with Crippen LogP contribution in [0.1, 0.15) is 33.5 Å². The Kier molecular flexibility index (Phi) is 8.07. The minimum absolute atomic E-state index is 0.287. The molecule has 0 saturated carbocycles. The van der Waals surface area contributed by atoms with Crippen molar-refractivity contribution in [2.45, 2.75) is 20.3 Å². The molecule has 0 bridgehead atoms. The summed E-state index contributed by atoms with van der Waals surface area (Å²) in [4.78, 5) is 12.1. The first-order valence-corrected chi connectivity index (χ1v) is 10.4. The Hall–Kier alpha value is -3.31. The zero-order chi connectivity index (χ0) is 22.1. The van der Waals surface area contributed by atoms with Gasteiger partial charge in [0.05, 0.1) is 19.4 Å². The topological polar surface area (TPSA) is 59.9 Å². The molecule has 0 radical (unpaired) electrons. The second-order valence-corrected chi connectivity index (χ2v) is 7.48. The monoisotopic (exact) mass is 436 g/mol. The van der Waals surface area contributed by atoms with E-state index in [2.05, 4.69) is 30.4 Å². The molecule has 0 spiro atoms. The lowest BCUT2D eigenvalue weighted by Crippen LogP contribution is -2.17. The van der Waals surface area contributed by atoms with E-state index in [1.54, 1.807) is 42.5 Å². The molecule has 1 N–H and O–H groups in total. The summed E-state index contributed by atoms with van der Waals surface area (Å²) in [5.41, 5.74) is 6.17. The highest BCUT2D eigenvalue weighted by Crippen LogP contribution is 2.22. The number of ether oxygens (including phenoxy) is 2. The number of amides is 1. The summed E-state index contributed by atoms with van der Waals surface area (Å²) < 4.78 is 11.7. The fourth-order valence-corrected chi connectivity index (χ4v) is 2.98. The van der Waals surface area contributed by atoms with Crippen LogP contribution in [0.25, 0.3) is 0 Å². The molecule has 0 heterocycles. The summed E-state index contributed by atoms with van der Waals surface area (Å²) in [6.45, 7) is 5.17. The fraction of sp³-hybridized carbons (Fsp3) is 0.200. The first-order chi connectivity index (χ1) is 15.0. The highest BCUT2D eigenvalue weighted by molar-refractivity contribution is 6.30. The average Bonchev–Trinajstić information content (AvgIpc) is 2.77. The first kappa shape index (κ1) is 22.4. The second kappa shape index (κ2) is 11.2. The minimum Gasteiger partial charge on any atom is -0.493 e. The molecule has 0 aliphatic rings. The van der Waals surface area contributed by atoms with Crippen LogP contribution in [0.4, 0.5) is 0 Å². The van der Waals surface area contributed by atoms with Gasteiger partial charge in [-0.3, -0.25) is 4.79 Å². The number of carbonyl (C=O) groups is 1. The third kappa shape index (κ3) is 6.86. The molecule has 0 aromatic heterocycles. The minimum atomic E-state index is -0.287. The Morgan fingerprint density at radius 2 is 1.74 bits per heavy atom. The number of nitrogens with zero attached hydrogens (tertiary/aromatic N) is 1. The van der Waals surface area contributed by atoms with Gasteiger partial charge < -0.3 is 9.47 Å². The number of aryl methyl sites for hydroxylation is 2. The van der Waals surface area contributed by atoms with Crippen molar-refractivity contribution in [3.8, 4) is 11.5 Å². The molecule has 0 aliphatic carbocycles. The van der Waals surface area contributed by atoms with Gasteiger partial charge in [0.1, 0.15) is 11.5 Å². The van der Waals surface area contributed by atoms with Crippen LogP contribution in [0.5, 0.6) is 11.5 Å². The van der Waals surface area contributed by atoms with Crippen LogP contribution in [-0.4, -0.2) is 25.3 Å². The summed E-state index contributed by atoms with van der Waals surface area (Å²) in [6, 6.07) is 20.2. The highest BCUT2D eigenvalue weighted by atomic mass is 35.5. The van der Waals surface area contributed by atoms with Crippen molar-refractivity contribution >= 4 is 23.7 Å². The largest absolute Gasteiger partial charge is 0.493 e. The third-order valence-corrected chi connectivity index (χ3v) is 4.91. The van der Waals surface area contributed by atoms with Gasteiger partial charge in [0.2, 0.25) is 0 Å². The first-order valence-electron chi connectivity index (χ1n) is 10.0. The standard InChI is InChI=1S/C25H25ClN2O3/c1-18-9-11-23(15-19(18)2)30-13-6-14-31-24-12-10-22(26)16-21(24)17-27-28-25(29)20-7-4-3-5-8-20/h3-5,7-12,15-17H,6,13-14H2,1-2H3,(H,28,29). The lowest BCUT2D eigenvalue weighted by atomic mass is 10.1. The van der Waals surface area contributed by atoms with E-state index in [1.807, 2.05) is 18.2 Å². The molecule has 0 atom stereocenters. The fourth-order valence-electron chi connectivity index (χ4n) is 2.80. The molecule has 0 unspecified atom stereocenters. The molecular formula is C25H25ClN2O3. The van der Waals surface area contributed by atoms with E-state index in [1.165, 1.54) is 17.3 Å². The van der Waals surface area contributed by atoms with Crippen LogP contribution in [-0.2, 0) is 0 Å². The quantitative estimate of drug-likeness (QED) is 0.271. The predicted octanol–water partition coefficient (Wildman–Crippen LogP) is 5.57. The van der Waals surface area contributed by atoms with Crippen molar-refractivity contribution in [1.82, 2.24) is 5.43 Å². The Labute approximate surface area is 187 Å². The number of rotatable bonds is 9. The molecule has 160 valence electrons. The van der Waals surface area contributed by atoms with Gasteiger partial charge in [-0.25, -0.2) is 5.43 Å². The number of carbonyl (C=O) groups excluding carboxylic acids is 1. The van der Waals surface area contributed by atoms with Gasteiger partial charge in [-0.05, 0) is 67.4 Å². The maximum atomic E-state index is 12.1. The summed E-state index contributed by atoms with van der Waals surface area (Å²) in [7, 11) is 0. The van der Waals surface area contributed by atoms with E-state index < -0.39 is 0 Å². The molecule has 0 saturated heterocycles. The van der Waals surface area contributed by atoms with Crippen LogP contribution in [0, 0.1) is 13.8 Å². The maximum Gasteiger partial charge on any atom is 0.271 e. The zero-order valence-corrected chi connectivity index (χ0v) is 18.4. The molecule has 1 amide bonds. The normalized spacial score (nSPS) is 10.8. The Bertz CT molecular complexity index is 1050. The van der Waals surface area contributed by atoms with E-state index >= 15 is 0 Å². The van der Waals surface area contributed by atoms with E-state index in [0.717, 1.165) is 12.2 Å². The Balaban J connectivity index is 1.51. The van der Waals surface area contributed by atoms with Crippen LogP contribution in [0.3, 0.4) is 0 Å². The van der Waals surface area contributed by atoms with Gasteiger partial charge in [0.25, 0.3) is 5.91 Å². The van der Waals surface area contributed by atoms with Crippen LogP contribution in [0.15, 0.2) is 71.8 Å². The molecule has 0 aliphatic heterocycles. The smallest absolute Gasteiger partial charge is 0.271 e. The molecule has 5 nitrogen and oxygen atoms in total. The van der Waals surface area contributed by atoms with E-state index in [4.69, 9.17) is 21.1 Å². The van der Waals surface area contributed by atoms with Crippen molar-refractivity contribution in [2.75, 3.05) is 13.2 Å². The van der Waals surface area contributed by atoms with Crippen molar-refractivity contribution in [2.24, 2.45) is 5.10 Å². The van der Waals surface area contributed by atoms with Crippen molar-refractivity contribution < 1.29 is 14.3 Å². The van der Waals surface area contributed by atoms with Crippen LogP contribution in [0.2, 0.25) is 5.02 Å². The average molecular weight is 437 g/mol. The van der Waals surface area contributed by atoms with E-state index in [-0.39, 0.29) is 5.91 Å². The van der Waals surface area contributed by atoms with Gasteiger partial charge in [-0.2, -0.15) is 5.10 Å². The SMILES string of the molecule is Cc1ccc(OCCCOc2ccc(Cl)cc2C=NNC(=O)c2ccccc2)cc1C. The Morgan fingerprint density at radius 1 is 0.968 bits per heavy atom. The summed E-state index contributed by atoms with van der Waals surface area (Å²) in [5.74, 6) is 1.20. The van der Waals surface area contributed by atoms with Gasteiger partial charge in [-0.15, -0.1) is 0 Å². The van der Waals surface area contributed by atoms with Gasteiger partial charge in [0.15, 0.2) is 0 Å². The van der Waals surface area contributed by atoms with Crippen molar-refractivity contribution in [3.63, 3.8) is 0 Å². The van der Waals surface area contributed by atoms with E-state index in [9.17, 15) is 4.79 Å². The predicted molar refractivity (Wildman–Crippen MR) is 124 cm³/mol. The lowest BCUT2D eigenvalue weighted by molar-refractivity contribution is 0.0955. The summed E-state index contributed by atoms with van der Waals surface area (Å²) in [5, 5.41) is 4.59. The number of hydrogen-bond donors (Lipinski definition) is 1. The number of nitrogens with one attached hydrogen (secondary N) is 1. The van der Waals surface area contributed by atoms with Crippen molar-refractivity contribution in [1.29, 1.82) is 0 Å². The highest BCUT2D eigenvalue weighted by Gasteiger charge is 2.05. The summed E-state index contributed by atoms with van der Waals surface area (Å²) >= 11 is 6.11.